The van der Waals surface area contributed by atoms with Crippen LogP contribution in [0.25, 0.3) is 10.9 Å². The van der Waals surface area contributed by atoms with Crippen LogP contribution in [0.4, 0.5) is 0 Å². The first kappa shape index (κ1) is 13.1. The first-order valence-corrected chi connectivity index (χ1v) is 6.09. The molecule has 0 aliphatic rings. The zero-order chi connectivity index (χ0) is 13.3. The molecule has 0 aliphatic heterocycles. The molecule has 1 aromatic heterocycles. The maximum Gasteiger partial charge on any atom is 0.0884 e. The number of aliphatic hydroxyl groups excluding tert-OH is 1. The highest BCUT2D eigenvalue weighted by atomic mass is 16.5. The average molecular weight is 248 g/mol. The van der Waals surface area contributed by atoms with Gasteiger partial charge in [0.25, 0.3) is 0 Å². The third-order valence-electron chi connectivity index (χ3n) is 3.55. The van der Waals surface area contributed by atoms with Gasteiger partial charge in [-0.1, -0.05) is 18.2 Å². The fourth-order valence-corrected chi connectivity index (χ4v) is 2.00. The van der Waals surface area contributed by atoms with Crippen molar-refractivity contribution in [3.05, 3.63) is 30.0 Å². The quantitative estimate of drug-likeness (QED) is 0.899. The van der Waals surface area contributed by atoms with E-state index in [9.17, 15) is 5.11 Å². The first-order chi connectivity index (χ1) is 8.45. The number of aryl methyl sites for hydroxylation is 1. The number of methoxy groups -OCH3 is 1. The fraction of sp³-hybridized carbons (Fsp3) is 0.500. The second-order valence-electron chi connectivity index (χ2n) is 5.11. The van der Waals surface area contributed by atoms with E-state index in [1.165, 1.54) is 0 Å². The molecule has 1 heterocycles. The van der Waals surface area contributed by atoms with E-state index in [1.807, 2.05) is 49.8 Å². The maximum atomic E-state index is 10.2. The van der Waals surface area contributed by atoms with Crippen LogP contribution in [0, 0.1) is 0 Å². The van der Waals surface area contributed by atoms with Crippen molar-refractivity contribution in [3.8, 4) is 0 Å². The largest absolute Gasteiger partial charge is 0.390 e. The molecule has 18 heavy (non-hydrogen) atoms. The molecule has 0 saturated heterocycles. The predicted octanol–water partition coefficient (Wildman–Crippen LogP) is 1.90. The van der Waals surface area contributed by atoms with Crippen molar-refractivity contribution >= 4 is 10.9 Å². The molecule has 4 heteroatoms. The summed E-state index contributed by atoms with van der Waals surface area (Å²) in [4.78, 5) is 0. The fourth-order valence-electron chi connectivity index (χ4n) is 2.00. The Labute approximate surface area is 107 Å². The van der Waals surface area contributed by atoms with E-state index < -0.39 is 11.7 Å². The number of ether oxygens (including phenoxy) is 1. The standard InChI is InChI=1S/C14H20N2O2/c1-14(2,18-4)13(17)9-11-10-7-5-6-8-12(10)16(3)15-11/h5-8,13,17H,9H2,1-4H3. The van der Waals surface area contributed by atoms with Gasteiger partial charge in [0, 0.05) is 26.0 Å². The topological polar surface area (TPSA) is 47.3 Å². The lowest BCUT2D eigenvalue weighted by Gasteiger charge is -2.28. The maximum absolute atomic E-state index is 10.2. The number of fused-ring (bicyclic) bond motifs is 1. The Bertz CT molecular complexity index is 546. The lowest BCUT2D eigenvalue weighted by Crippen LogP contribution is -2.39. The Morgan fingerprint density at radius 1 is 1.39 bits per heavy atom. The second-order valence-corrected chi connectivity index (χ2v) is 5.11. The Kier molecular flexibility index (Phi) is 3.41. The number of nitrogens with zero attached hydrogens (tertiary/aromatic N) is 2. The minimum absolute atomic E-state index is 0.488. The summed E-state index contributed by atoms with van der Waals surface area (Å²) in [5, 5.41) is 15.8. The summed E-state index contributed by atoms with van der Waals surface area (Å²) in [6, 6.07) is 8.04. The SMILES string of the molecule is COC(C)(C)C(O)Cc1nn(C)c2ccccc12. The highest BCUT2D eigenvalue weighted by Gasteiger charge is 2.28. The molecule has 98 valence electrons. The van der Waals surface area contributed by atoms with E-state index >= 15 is 0 Å². The van der Waals surface area contributed by atoms with E-state index in [1.54, 1.807) is 7.11 Å². The zero-order valence-electron chi connectivity index (χ0n) is 11.3. The van der Waals surface area contributed by atoms with Crippen LogP contribution < -0.4 is 0 Å². The van der Waals surface area contributed by atoms with Crippen LogP contribution in [0.15, 0.2) is 24.3 Å². The van der Waals surface area contributed by atoms with Crippen molar-refractivity contribution in [3.63, 3.8) is 0 Å². The van der Waals surface area contributed by atoms with Gasteiger partial charge in [0.2, 0.25) is 0 Å². The predicted molar refractivity (Wildman–Crippen MR) is 71.5 cm³/mol. The Hall–Kier alpha value is -1.39. The molecule has 0 amide bonds. The number of rotatable bonds is 4. The molecule has 0 fully saturated rings. The van der Waals surface area contributed by atoms with Gasteiger partial charge in [-0.25, -0.2) is 0 Å². The molecule has 1 unspecified atom stereocenters. The lowest BCUT2D eigenvalue weighted by molar-refractivity contribution is -0.0767. The highest BCUT2D eigenvalue weighted by Crippen LogP contribution is 2.22. The van der Waals surface area contributed by atoms with E-state index in [2.05, 4.69) is 5.10 Å². The molecule has 0 bridgehead atoms. The normalized spacial score (nSPS) is 14.1. The summed E-state index contributed by atoms with van der Waals surface area (Å²) in [5.41, 5.74) is 1.42. The molecule has 1 atom stereocenters. The van der Waals surface area contributed by atoms with Gasteiger partial charge in [-0.15, -0.1) is 0 Å². The molecule has 0 aliphatic carbocycles. The average Bonchev–Trinajstić information content (AvgIpc) is 2.67. The number of hydrogen-bond donors (Lipinski definition) is 1. The van der Waals surface area contributed by atoms with Gasteiger partial charge in [-0.05, 0) is 19.9 Å². The second kappa shape index (κ2) is 4.71. The van der Waals surface area contributed by atoms with Gasteiger partial charge in [-0.2, -0.15) is 5.10 Å². The van der Waals surface area contributed by atoms with Crippen molar-refractivity contribution in [2.45, 2.75) is 32.0 Å². The van der Waals surface area contributed by atoms with Crippen LogP contribution in [0.5, 0.6) is 0 Å². The van der Waals surface area contributed by atoms with Gasteiger partial charge in [0.15, 0.2) is 0 Å². The summed E-state index contributed by atoms with van der Waals surface area (Å²) < 4.78 is 7.15. The van der Waals surface area contributed by atoms with Crippen LogP contribution in [0.1, 0.15) is 19.5 Å². The molecule has 1 aromatic carbocycles. The number of aromatic nitrogens is 2. The summed E-state index contributed by atoms with van der Waals surface area (Å²) >= 11 is 0. The third kappa shape index (κ3) is 2.26. The number of aliphatic hydroxyl groups is 1. The van der Waals surface area contributed by atoms with Crippen molar-refractivity contribution in [1.29, 1.82) is 0 Å². The van der Waals surface area contributed by atoms with E-state index in [-0.39, 0.29) is 0 Å². The molecular formula is C14H20N2O2. The molecule has 0 saturated carbocycles. The lowest BCUT2D eigenvalue weighted by atomic mass is 9.96. The molecule has 0 spiro atoms. The van der Waals surface area contributed by atoms with Gasteiger partial charge < -0.3 is 9.84 Å². The molecule has 1 N–H and O–H groups in total. The number of hydrogen-bond acceptors (Lipinski definition) is 3. The molecule has 0 radical (unpaired) electrons. The van der Waals surface area contributed by atoms with E-state index in [0.29, 0.717) is 6.42 Å². The summed E-state index contributed by atoms with van der Waals surface area (Å²) in [5.74, 6) is 0. The Balaban J connectivity index is 2.33. The van der Waals surface area contributed by atoms with Crippen molar-refractivity contribution in [2.24, 2.45) is 7.05 Å². The van der Waals surface area contributed by atoms with Gasteiger partial charge in [0.05, 0.1) is 22.9 Å². The number of para-hydroxylation sites is 1. The highest BCUT2D eigenvalue weighted by molar-refractivity contribution is 5.81. The van der Waals surface area contributed by atoms with Gasteiger partial charge >= 0.3 is 0 Å². The monoisotopic (exact) mass is 248 g/mol. The minimum Gasteiger partial charge on any atom is -0.390 e. The Morgan fingerprint density at radius 2 is 2.06 bits per heavy atom. The Morgan fingerprint density at radius 3 is 2.72 bits per heavy atom. The smallest absolute Gasteiger partial charge is 0.0884 e. The summed E-state index contributed by atoms with van der Waals surface area (Å²) in [6.45, 7) is 3.76. The van der Waals surface area contributed by atoms with Crippen LogP contribution in [0.3, 0.4) is 0 Å². The first-order valence-electron chi connectivity index (χ1n) is 6.09. The number of benzene rings is 1. The molecule has 2 rings (SSSR count). The van der Waals surface area contributed by atoms with Crippen LogP contribution in [-0.4, -0.2) is 33.7 Å². The van der Waals surface area contributed by atoms with E-state index in [0.717, 1.165) is 16.6 Å². The molecule has 4 nitrogen and oxygen atoms in total. The van der Waals surface area contributed by atoms with E-state index in [4.69, 9.17) is 4.74 Å². The molecular weight excluding hydrogens is 228 g/mol. The van der Waals surface area contributed by atoms with Crippen LogP contribution in [0.2, 0.25) is 0 Å². The van der Waals surface area contributed by atoms with Crippen molar-refractivity contribution < 1.29 is 9.84 Å². The third-order valence-corrected chi connectivity index (χ3v) is 3.55. The minimum atomic E-state index is -0.583. The zero-order valence-corrected chi connectivity index (χ0v) is 11.3. The molecule has 2 aromatic rings. The van der Waals surface area contributed by atoms with Crippen LogP contribution >= 0.6 is 0 Å². The summed E-state index contributed by atoms with van der Waals surface area (Å²) in [7, 11) is 3.53. The van der Waals surface area contributed by atoms with Gasteiger partial charge in [-0.3, -0.25) is 4.68 Å². The van der Waals surface area contributed by atoms with Gasteiger partial charge in [0.1, 0.15) is 0 Å². The van der Waals surface area contributed by atoms with Crippen molar-refractivity contribution in [2.75, 3.05) is 7.11 Å². The van der Waals surface area contributed by atoms with Crippen molar-refractivity contribution in [1.82, 2.24) is 9.78 Å². The summed E-state index contributed by atoms with van der Waals surface area (Å²) in [6.07, 6.45) is -0.0943. The van der Waals surface area contributed by atoms with Crippen LogP contribution in [-0.2, 0) is 18.2 Å².